The summed E-state index contributed by atoms with van der Waals surface area (Å²) in [5.41, 5.74) is 5.11. The van der Waals surface area contributed by atoms with E-state index >= 15 is 0 Å². The van der Waals surface area contributed by atoms with Crippen LogP contribution in [0.25, 0.3) is 0 Å². The van der Waals surface area contributed by atoms with Gasteiger partial charge in [0, 0.05) is 0 Å². The monoisotopic (exact) mass is 161 g/mol. The summed E-state index contributed by atoms with van der Waals surface area (Å²) in [6.45, 7) is 12.1. The SMILES string of the molecule is CC(C)N.CC(C)OC(C)C. The van der Waals surface area contributed by atoms with Crippen LogP contribution in [-0.4, -0.2) is 18.2 Å². The Bertz CT molecular complexity index is 61.2. The highest BCUT2D eigenvalue weighted by Crippen LogP contribution is 1.93. The average Bonchev–Trinajstić information content (AvgIpc) is 1.56. The molecule has 0 bridgehead atoms. The maximum absolute atomic E-state index is 5.25. The van der Waals surface area contributed by atoms with E-state index in [1.54, 1.807) is 0 Å². The van der Waals surface area contributed by atoms with Gasteiger partial charge in [0.25, 0.3) is 0 Å². The largest absolute Gasteiger partial charge is 0.376 e. The van der Waals surface area contributed by atoms with Crippen molar-refractivity contribution in [3.8, 4) is 0 Å². The van der Waals surface area contributed by atoms with Gasteiger partial charge in [-0.05, 0) is 33.7 Å². The molecule has 0 saturated heterocycles. The van der Waals surface area contributed by atoms with Crippen molar-refractivity contribution in [2.45, 2.75) is 59.8 Å². The summed E-state index contributed by atoms with van der Waals surface area (Å²) in [6.07, 6.45) is 0.750. The third-order valence-electron chi connectivity index (χ3n) is 0.544. The predicted octanol–water partition coefficient (Wildman–Crippen LogP) is 2.17. The third kappa shape index (κ3) is 40.5. The van der Waals surface area contributed by atoms with E-state index in [4.69, 9.17) is 10.5 Å². The Morgan fingerprint density at radius 1 is 0.818 bits per heavy atom. The van der Waals surface area contributed by atoms with Crippen molar-refractivity contribution in [1.82, 2.24) is 0 Å². The third-order valence-corrected chi connectivity index (χ3v) is 0.544. The maximum atomic E-state index is 5.25. The van der Waals surface area contributed by atoms with Crippen molar-refractivity contribution in [2.75, 3.05) is 0 Å². The number of hydrogen-bond acceptors (Lipinski definition) is 2. The summed E-state index contributed by atoms with van der Waals surface area (Å²) in [5, 5.41) is 0. The quantitative estimate of drug-likeness (QED) is 0.673. The predicted molar refractivity (Wildman–Crippen MR) is 50.7 cm³/mol. The molecule has 0 atom stereocenters. The highest BCUT2D eigenvalue weighted by Gasteiger charge is 1.94. The van der Waals surface area contributed by atoms with E-state index in [0.29, 0.717) is 18.2 Å². The fourth-order valence-electron chi connectivity index (χ4n) is 0.544. The summed E-state index contributed by atoms with van der Waals surface area (Å²) < 4.78 is 5.25. The van der Waals surface area contributed by atoms with Crippen LogP contribution in [-0.2, 0) is 4.74 Å². The molecule has 0 fully saturated rings. The fraction of sp³-hybridized carbons (Fsp3) is 1.00. The van der Waals surface area contributed by atoms with Crippen LogP contribution in [0.1, 0.15) is 41.5 Å². The van der Waals surface area contributed by atoms with Gasteiger partial charge in [0.1, 0.15) is 0 Å². The normalized spacial score (nSPS) is 10.4. The van der Waals surface area contributed by atoms with Crippen molar-refractivity contribution in [2.24, 2.45) is 5.73 Å². The van der Waals surface area contributed by atoms with Gasteiger partial charge in [-0.15, -0.1) is 0 Å². The Hall–Kier alpha value is -0.0800. The van der Waals surface area contributed by atoms with E-state index in [-0.39, 0.29) is 0 Å². The van der Waals surface area contributed by atoms with Crippen molar-refractivity contribution < 1.29 is 4.74 Å². The Morgan fingerprint density at radius 3 is 1.00 bits per heavy atom. The molecule has 0 heterocycles. The fourth-order valence-corrected chi connectivity index (χ4v) is 0.544. The zero-order valence-corrected chi connectivity index (χ0v) is 8.72. The second-order valence-electron chi connectivity index (χ2n) is 3.48. The lowest BCUT2D eigenvalue weighted by Crippen LogP contribution is -2.09. The zero-order chi connectivity index (χ0) is 9.44. The van der Waals surface area contributed by atoms with E-state index in [1.165, 1.54) is 0 Å². The summed E-state index contributed by atoms with van der Waals surface area (Å²) in [7, 11) is 0. The lowest BCUT2D eigenvalue weighted by atomic mass is 10.4. The van der Waals surface area contributed by atoms with Gasteiger partial charge in [-0.1, -0.05) is 13.8 Å². The van der Waals surface area contributed by atoms with E-state index in [0.717, 1.165) is 0 Å². The zero-order valence-electron chi connectivity index (χ0n) is 8.72. The first-order valence-corrected chi connectivity index (χ1v) is 4.27. The molecule has 70 valence electrons. The summed E-state index contributed by atoms with van der Waals surface area (Å²) >= 11 is 0. The second kappa shape index (κ2) is 8.02. The number of nitrogens with two attached hydrogens (primary N) is 1. The Kier molecular flexibility index (Phi) is 9.85. The van der Waals surface area contributed by atoms with Gasteiger partial charge in [0.05, 0.1) is 12.2 Å². The minimum atomic E-state index is 0.333. The Morgan fingerprint density at radius 2 is 1.00 bits per heavy atom. The average molecular weight is 161 g/mol. The molecule has 11 heavy (non-hydrogen) atoms. The van der Waals surface area contributed by atoms with Crippen molar-refractivity contribution in [3.05, 3.63) is 0 Å². The molecular weight excluding hydrogens is 138 g/mol. The highest BCUT2D eigenvalue weighted by molar-refractivity contribution is 4.40. The van der Waals surface area contributed by atoms with E-state index in [1.807, 2.05) is 41.5 Å². The molecule has 0 saturated carbocycles. The van der Waals surface area contributed by atoms with Crippen LogP contribution in [0.2, 0.25) is 0 Å². The van der Waals surface area contributed by atoms with Gasteiger partial charge in [0.15, 0.2) is 0 Å². The molecule has 0 aromatic rings. The molecule has 2 heteroatoms. The second-order valence-corrected chi connectivity index (χ2v) is 3.48. The Labute approximate surface area is 71.1 Å². The molecule has 2 nitrogen and oxygen atoms in total. The number of rotatable bonds is 2. The minimum absolute atomic E-state index is 0.333. The van der Waals surface area contributed by atoms with E-state index < -0.39 is 0 Å². The minimum Gasteiger partial charge on any atom is -0.376 e. The number of hydrogen-bond donors (Lipinski definition) is 1. The molecule has 0 rings (SSSR count). The van der Waals surface area contributed by atoms with Crippen molar-refractivity contribution >= 4 is 0 Å². The summed E-state index contributed by atoms with van der Waals surface area (Å²) in [4.78, 5) is 0. The lowest BCUT2D eigenvalue weighted by Gasteiger charge is -2.09. The van der Waals surface area contributed by atoms with Crippen LogP contribution in [0.4, 0.5) is 0 Å². The topological polar surface area (TPSA) is 35.2 Å². The molecule has 0 spiro atoms. The van der Waals surface area contributed by atoms with Crippen LogP contribution >= 0.6 is 0 Å². The molecule has 0 aliphatic carbocycles. The first kappa shape index (κ1) is 13.5. The van der Waals surface area contributed by atoms with E-state index in [2.05, 4.69) is 0 Å². The van der Waals surface area contributed by atoms with Gasteiger partial charge in [-0.3, -0.25) is 0 Å². The Balaban J connectivity index is 0. The number of ether oxygens (including phenoxy) is 1. The van der Waals surface area contributed by atoms with Crippen molar-refractivity contribution in [3.63, 3.8) is 0 Å². The van der Waals surface area contributed by atoms with Gasteiger partial charge in [-0.2, -0.15) is 0 Å². The highest BCUT2D eigenvalue weighted by atomic mass is 16.5. The summed E-state index contributed by atoms with van der Waals surface area (Å²) in [5.74, 6) is 0. The molecule has 0 radical (unpaired) electrons. The van der Waals surface area contributed by atoms with Crippen LogP contribution in [0.5, 0.6) is 0 Å². The molecule has 0 aromatic heterocycles. The van der Waals surface area contributed by atoms with Gasteiger partial charge in [-0.25, -0.2) is 0 Å². The lowest BCUT2D eigenvalue weighted by molar-refractivity contribution is 0.0300. The van der Waals surface area contributed by atoms with Crippen LogP contribution in [0, 0.1) is 0 Å². The molecule has 0 aliphatic rings. The first-order chi connectivity index (χ1) is 4.86. The first-order valence-electron chi connectivity index (χ1n) is 4.27. The molecule has 0 amide bonds. The standard InChI is InChI=1S/C6H14O.C3H9N/c1-5(2)7-6(3)4;1-3(2)4/h5-6H,1-4H3;3H,4H2,1-2H3. The molecule has 0 unspecified atom stereocenters. The molecule has 0 aliphatic heterocycles. The van der Waals surface area contributed by atoms with Crippen LogP contribution in [0.3, 0.4) is 0 Å². The van der Waals surface area contributed by atoms with Crippen LogP contribution < -0.4 is 5.73 Å². The molecule has 2 N–H and O–H groups in total. The van der Waals surface area contributed by atoms with Gasteiger partial charge in [0.2, 0.25) is 0 Å². The van der Waals surface area contributed by atoms with Crippen molar-refractivity contribution in [1.29, 1.82) is 0 Å². The van der Waals surface area contributed by atoms with Gasteiger partial charge >= 0.3 is 0 Å². The van der Waals surface area contributed by atoms with Crippen LogP contribution in [0.15, 0.2) is 0 Å². The smallest absolute Gasteiger partial charge is 0.0522 e. The summed E-state index contributed by atoms with van der Waals surface area (Å²) in [6, 6.07) is 0.333. The maximum Gasteiger partial charge on any atom is 0.0522 e. The molecular formula is C9H23NO. The van der Waals surface area contributed by atoms with E-state index in [9.17, 15) is 0 Å². The molecule has 0 aromatic carbocycles. The van der Waals surface area contributed by atoms with Gasteiger partial charge < -0.3 is 10.5 Å².